The van der Waals surface area contributed by atoms with Crippen LogP contribution in [0.1, 0.15) is 39.0 Å². The second kappa shape index (κ2) is 7.72. The maximum absolute atomic E-state index is 12.4. The highest BCUT2D eigenvalue weighted by atomic mass is 32.2. The molecule has 2 aromatic rings. The molecule has 1 unspecified atom stereocenters. The summed E-state index contributed by atoms with van der Waals surface area (Å²) in [6.07, 6.45) is 5.85. The van der Waals surface area contributed by atoms with Gasteiger partial charge in [0.2, 0.25) is 10.0 Å². The molecule has 2 heterocycles. The van der Waals surface area contributed by atoms with Crippen LogP contribution in [0.4, 0.5) is 0 Å². The predicted molar refractivity (Wildman–Crippen MR) is 95.3 cm³/mol. The number of H-pyrrole nitrogens is 1. The largest absolute Gasteiger partial charge is 0.417 e. The number of piperidine rings is 1. The van der Waals surface area contributed by atoms with Gasteiger partial charge >= 0.3 is 5.76 Å². The first-order valence-corrected chi connectivity index (χ1v) is 10.4. The van der Waals surface area contributed by atoms with Gasteiger partial charge in [-0.05, 0) is 37.8 Å². The van der Waals surface area contributed by atoms with Crippen molar-refractivity contribution in [1.29, 1.82) is 0 Å². The zero-order valence-corrected chi connectivity index (χ0v) is 15.3. The minimum Gasteiger partial charge on any atom is -0.408 e. The molecule has 3 rings (SSSR count). The van der Waals surface area contributed by atoms with Crippen molar-refractivity contribution in [3.05, 3.63) is 28.7 Å². The summed E-state index contributed by atoms with van der Waals surface area (Å²) in [7, 11) is -3.60. The zero-order valence-electron chi connectivity index (χ0n) is 14.5. The lowest BCUT2D eigenvalue weighted by molar-refractivity contribution is -0.930. The minimum atomic E-state index is -3.60. The fourth-order valence-electron chi connectivity index (χ4n) is 3.67. The van der Waals surface area contributed by atoms with Crippen LogP contribution in [-0.2, 0) is 10.0 Å². The Hall–Kier alpha value is -1.64. The third kappa shape index (κ3) is 4.31. The second-order valence-corrected chi connectivity index (χ2v) is 8.45. The van der Waals surface area contributed by atoms with Gasteiger partial charge in [-0.2, -0.15) is 0 Å². The summed E-state index contributed by atoms with van der Waals surface area (Å²) in [6, 6.07) is 5.10. The van der Waals surface area contributed by atoms with E-state index in [1.807, 2.05) is 0 Å². The Balaban J connectivity index is 1.56. The van der Waals surface area contributed by atoms with Crippen molar-refractivity contribution >= 4 is 21.1 Å². The number of hydrogen-bond donors (Lipinski definition) is 3. The average molecular weight is 368 g/mol. The Morgan fingerprint density at radius 2 is 2.20 bits per heavy atom. The average Bonchev–Trinajstić information content (AvgIpc) is 2.98. The maximum atomic E-state index is 12.4. The lowest BCUT2D eigenvalue weighted by Gasteiger charge is -2.32. The molecule has 0 saturated carbocycles. The smallest absolute Gasteiger partial charge is 0.408 e. The molecule has 0 amide bonds. The molecule has 1 fully saturated rings. The van der Waals surface area contributed by atoms with Gasteiger partial charge in [0.25, 0.3) is 0 Å². The molecular formula is C17H26N3O4S+. The number of aromatic nitrogens is 1. The van der Waals surface area contributed by atoms with Gasteiger partial charge in [-0.15, -0.1) is 0 Å². The number of sulfonamides is 1. The van der Waals surface area contributed by atoms with Gasteiger partial charge in [0.05, 0.1) is 29.5 Å². The van der Waals surface area contributed by atoms with E-state index in [1.54, 1.807) is 11.0 Å². The van der Waals surface area contributed by atoms with E-state index < -0.39 is 15.8 Å². The molecule has 138 valence electrons. The van der Waals surface area contributed by atoms with E-state index >= 15 is 0 Å². The van der Waals surface area contributed by atoms with E-state index in [9.17, 15) is 13.2 Å². The highest BCUT2D eigenvalue weighted by Gasteiger charge is 2.24. The molecule has 25 heavy (non-hydrogen) atoms. The zero-order chi connectivity index (χ0) is 17.9. The number of oxazole rings is 1. The predicted octanol–water partition coefficient (Wildman–Crippen LogP) is 0.637. The van der Waals surface area contributed by atoms with Crippen molar-refractivity contribution in [2.45, 2.75) is 50.0 Å². The molecule has 1 saturated heterocycles. The van der Waals surface area contributed by atoms with Crippen LogP contribution < -0.4 is 15.4 Å². The Morgan fingerprint density at radius 1 is 1.36 bits per heavy atom. The lowest BCUT2D eigenvalue weighted by Crippen LogP contribution is -3.16. The van der Waals surface area contributed by atoms with E-state index in [0.717, 1.165) is 13.0 Å². The molecule has 7 nitrogen and oxygen atoms in total. The monoisotopic (exact) mass is 368 g/mol. The molecule has 2 atom stereocenters. The molecule has 1 aromatic heterocycles. The molecule has 1 aliphatic rings. The van der Waals surface area contributed by atoms with Crippen molar-refractivity contribution < 1.29 is 17.7 Å². The highest BCUT2D eigenvalue weighted by Crippen LogP contribution is 2.16. The third-order valence-electron chi connectivity index (χ3n) is 5.04. The summed E-state index contributed by atoms with van der Waals surface area (Å²) in [6.45, 7) is 4.83. The van der Waals surface area contributed by atoms with Crippen molar-refractivity contribution in [2.24, 2.45) is 0 Å². The molecule has 1 aliphatic heterocycles. The molecule has 0 bridgehead atoms. The van der Waals surface area contributed by atoms with Crippen LogP contribution in [0.3, 0.4) is 0 Å². The molecule has 3 N–H and O–H groups in total. The van der Waals surface area contributed by atoms with Gasteiger partial charge in [-0.1, -0.05) is 6.92 Å². The number of aromatic amines is 1. The number of nitrogens with one attached hydrogen (secondary N) is 3. The summed E-state index contributed by atoms with van der Waals surface area (Å²) < 4.78 is 32.4. The van der Waals surface area contributed by atoms with Gasteiger partial charge in [0, 0.05) is 19.0 Å². The van der Waals surface area contributed by atoms with Crippen LogP contribution in [0.15, 0.2) is 32.3 Å². The normalized spacial score (nSPS) is 21.6. The van der Waals surface area contributed by atoms with Crippen molar-refractivity contribution in [3.63, 3.8) is 0 Å². The summed E-state index contributed by atoms with van der Waals surface area (Å²) in [4.78, 5) is 15.4. The van der Waals surface area contributed by atoms with Crippen molar-refractivity contribution in [1.82, 2.24) is 9.71 Å². The number of quaternary nitrogens is 1. The van der Waals surface area contributed by atoms with Gasteiger partial charge in [-0.25, -0.2) is 17.9 Å². The standard InChI is InChI=1S/C17H25N3O4S/c1-2-13-6-3-4-10-20(13)11-5-9-18-25(22,23)14-7-8-15-16(12-14)24-17(21)19-15/h7-8,12-13,18H,2-6,9-11H2,1H3,(H,19,21)/p+1/t13-/m1/s1. The Bertz CT molecular complexity index is 871. The van der Waals surface area contributed by atoms with E-state index in [-0.39, 0.29) is 10.5 Å². The van der Waals surface area contributed by atoms with Crippen LogP contribution in [0.25, 0.3) is 11.1 Å². The Kier molecular flexibility index (Phi) is 5.61. The lowest BCUT2D eigenvalue weighted by atomic mass is 10.00. The van der Waals surface area contributed by atoms with Gasteiger partial charge in [0.1, 0.15) is 0 Å². The summed E-state index contributed by atoms with van der Waals surface area (Å²) in [5.41, 5.74) is 0.736. The van der Waals surface area contributed by atoms with E-state index in [2.05, 4.69) is 16.6 Å². The Morgan fingerprint density at radius 3 is 3.00 bits per heavy atom. The van der Waals surface area contributed by atoms with Crippen molar-refractivity contribution in [2.75, 3.05) is 19.6 Å². The first-order valence-electron chi connectivity index (χ1n) is 8.96. The van der Waals surface area contributed by atoms with Gasteiger partial charge in [-0.3, -0.25) is 4.98 Å². The summed E-state index contributed by atoms with van der Waals surface area (Å²) in [5, 5.41) is 0. The molecule has 1 aromatic carbocycles. The highest BCUT2D eigenvalue weighted by molar-refractivity contribution is 7.89. The minimum absolute atomic E-state index is 0.111. The molecule has 8 heteroatoms. The summed E-state index contributed by atoms with van der Waals surface area (Å²) >= 11 is 0. The number of hydrogen-bond acceptors (Lipinski definition) is 4. The maximum Gasteiger partial charge on any atom is 0.417 e. The third-order valence-corrected chi connectivity index (χ3v) is 6.50. The number of rotatable bonds is 7. The number of likely N-dealkylation sites (tertiary alicyclic amines) is 1. The topological polar surface area (TPSA) is 96.6 Å². The van der Waals surface area contributed by atoms with E-state index in [0.29, 0.717) is 18.1 Å². The van der Waals surface area contributed by atoms with E-state index in [4.69, 9.17) is 4.42 Å². The first-order chi connectivity index (χ1) is 12.0. The molecular weight excluding hydrogens is 342 g/mol. The quantitative estimate of drug-likeness (QED) is 0.625. The van der Waals surface area contributed by atoms with Gasteiger partial charge in [0.15, 0.2) is 5.58 Å². The molecule has 0 aliphatic carbocycles. The van der Waals surface area contributed by atoms with Crippen LogP contribution >= 0.6 is 0 Å². The van der Waals surface area contributed by atoms with E-state index in [1.165, 1.54) is 44.4 Å². The SMILES string of the molecule is CC[C@@H]1CCCC[NH+]1CCCNS(=O)(=O)c1ccc2[nH]c(=O)oc2c1. The fourth-order valence-corrected chi connectivity index (χ4v) is 4.76. The molecule has 0 radical (unpaired) electrons. The molecule has 0 spiro atoms. The van der Waals surface area contributed by atoms with Crippen LogP contribution in [0, 0.1) is 0 Å². The van der Waals surface area contributed by atoms with Crippen LogP contribution in [0.2, 0.25) is 0 Å². The Labute approximate surface area is 147 Å². The van der Waals surface area contributed by atoms with Gasteiger partial charge < -0.3 is 9.32 Å². The summed E-state index contributed by atoms with van der Waals surface area (Å²) in [5.74, 6) is -0.590. The number of fused-ring (bicyclic) bond motifs is 1. The van der Waals surface area contributed by atoms with Crippen LogP contribution in [0.5, 0.6) is 0 Å². The van der Waals surface area contributed by atoms with Crippen molar-refractivity contribution in [3.8, 4) is 0 Å². The fraction of sp³-hybridized carbons (Fsp3) is 0.588. The van der Waals surface area contributed by atoms with Crippen LogP contribution in [-0.4, -0.2) is 39.1 Å². The first kappa shape index (κ1) is 18.2. The number of benzene rings is 1. The second-order valence-electron chi connectivity index (χ2n) is 6.68.